The topological polar surface area (TPSA) is 66.4 Å². The van der Waals surface area contributed by atoms with Gasteiger partial charge >= 0.3 is 5.97 Å². The lowest BCUT2D eigenvalue weighted by Crippen LogP contribution is -2.53. The molecule has 0 spiro atoms. The molecule has 0 aromatic carbocycles. The number of fused-ring (bicyclic) bond motifs is 2. The summed E-state index contributed by atoms with van der Waals surface area (Å²) in [5, 5.41) is 12.6. The molecule has 20 heavy (non-hydrogen) atoms. The summed E-state index contributed by atoms with van der Waals surface area (Å²) >= 11 is 0. The van der Waals surface area contributed by atoms with Gasteiger partial charge in [0, 0.05) is 12.0 Å². The van der Waals surface area contributed by atoms with Crippen LogP contribution < -0.4 is 5.32 Å². The standard InChI is InChI=1S/C16H23NO3/c1-16(15(19)20)7-3-2-4-13(16)17-14(18)12-9-10-5-6-11(12)8-10/h5-6,10-13H,2-4,7-9H2,1H3,(H,17,18)(H,19,20). The summed E-state index contributed by atoms with van der Waals surface area (Å²) < 4.78 is 0. The van der Waals surface area contributed by atoms with Crippen molar-refractivity contribution < 1.29 is 14.7 Å². The van der Waals surface area contributed by atoms with Crippen molar-refractivity contribution in [2.45, 2.75) is 51.5 Å². The lowest BCUT2D eigenvalue weighted by atomic mass is 9.71. The van der Waals surface area contributed by atoms with Gasteiger partial charge in [-0.05, 0) is 44.4 Å². The van der Waals surface area contributed by atoms with Gasteiger partial charge in [0.25, 0.3) is 0 Å². The predicted molar refractivity (Wildman–Crippen MR) is 75.0 cm³/mol. The van der Waals surface area contributed by atoms with E-state index in [2.05, 4.69) is 17.5 Å². The van der Waals surface area contributed by atoms with E-state index in [-0.39, 0.29) is 17.9 Å². The smallest absolute Gasteiger partial charge is 0.311 e. The quantitative estimate of drug-likeness (QED) is 0.778. The number of carboxylic acid groups (broad SMARTS) is 1. The molecule has 3 aliphatic rings. The van der Waals surface area contributed by atoms with E-state index in [4.69, 9.17) is 0 Å². The minimum atomic E-state index is -0.804. The maximum Gasteiger partial charge on any atom is 0.311 e. The Kier molecular flexibility index (Phi) is 3.35. The summed E-state index contributed by atoms with van der Waals surface area (Å²) in [6.07, 6.45) is 9.79. The van der Waals surface area contributed by atoms with Gasteiger partial charge in [0.2, 0.25) is 5.91 Å². The van der Waals surface area contributed by atoms with Crippen LogP contribution in [0.2, 0.25) is 0 Å². The molecule has 4 heteroatoms. The normalized spacial score (nSPS) is 42.6. The Balaban J connectivity index is 1.68. The number of nitrogens with one attached hydrogen (secondary N) is 1. The van der Waals surface area contributed by atoms with Crippen LogP contribution in [0.15, 0.2) is 12.2 Å². The first kappa shape index (κ1) is 13.7. The van der Waals surface area contributed by atoms with Gasteiger partial charge in [0.05, 0.1) is 5.41 Å². The van der Waals surface area contributed by atoms with Crippen molar-refractivity contribution in [1.29, 1.82) is 0 Å². The molecule has 110 valence electrons. The fourth-order valence-electron chi connectivity index (χ4n) is 4.18. The Hall–Kier alpha value is -1.32. The van der Waals surface area contributed by atoms with Crippen LogP contribution in [0.5, 0.6) is 0 Å². The van der Waals surface area contributed by atoms with Gasteiger partial charge in [-0.15, -0.1) is 0 Å². The Bertz CT molecular complexity index is 459. The third-order valence-corrected chi connectivity index (χ3v) is 5.63. The molecule has 4 nitrogen and oxygen atoms in total. The average molecular weight is 277 g/mol. The van der Waals surface area contributed by atoms with Gasteiger partial charge in [0.15, 0.2) is 0 Å². The second-order valence-electron chi connectivity index (χ2n) is 6.92. The molecule has 3 aliphatic carbocycles. The zero-order chi connectivity index (χ0) is 14.3. The summed E-state index contributed by atoms with van der Waals surface area (Å²) in [5.41, 5.74) is -0.804. The third kappa shape index (κ3) is 2.15. The van der Waals surface area contributed by atoms with E-state index in [0.29, 0.717) is 18.3 Å². The van der Waals surface area contributed by atoms with Crippen LogP contribution in [0.1, 0.15) is 45.4 Å². The number of hydrogen-bond acceptors (Lipinski definition) is 2. The van der Waals surface area contributed by atoms with E-state index < -0.39 is 11.4 Å². The molecule has 0 radical (unpaired) electrons. The van der Waals surface area contributed by atoms with Crippen molar-refractivity contribution in [1.82, 2.24) is 5.32 Å². The highest BCUT2D eigenvalue weighted by Crippen LogP contribution is 2.44. The predicted octanol–water partition coefficient (Wildman–Crippen LogP) is 2.35. The zero-order valence-electron chi connectivity index (χ0n) is 12.0. The number of carbonyl (C=O) groups excluding carboxylic acids is 1. The zero-order valence-corrected chi connectivity index (χ0v) is 12.0. The summed E-state index contributed by atoms with van der Waals surface area (Å²) in [4.78, 5) is 24.0. The van der Waals surface area contributed by atoms with Crippen LogP contribution in [0.25, 0.3) is 0 Å². The monoisotopic (exact) mass is 277 g/mol. The summed E-state index contributed by atoms with van der Waals surface area (Å²) in [7, 11) is 0. The van der Waals surface area contributed by atoms with E-state index >= 15 is 0 Å². The third-order valence-electron chi connectivity index (χ3n) is 5.63. The SMILES string of the molecule is CC1(C(=O)O)CCCCC1NC(=O)C1CC2C=CC1C2. The molecule has 3 rings (SSSR count). The Morgan fingerprint density at radius 2 is 2.05 bits per heavy atom. The van der Waals surface area contributed by atoms with Crippen molar-refractivity contribution in [3.05, 3.63) is 12.2 Å². The second kappa shape index (κ2) is 4.90. The van der Waals surface area contributed by atoms with E-state index in [9.17, 15) is 14.7 Å². The molecule has 0 aliphatic heterocycles. The van der Waals surface area contributed by atoms with E-state index in [1.165, 1.54) is 0 Å². The highest BCUT2D eigenvalue weighted by Gasteiger charge is 2.46. The van der Waals surface area contributed by atoms with Crippen LogP contribution >= 0.6 is 0 Å². The van der Waals surface area contributed by atoms with Gasteiger partial charge in [0.1, 0.15) is 0 Å². The number of amides is 1. The summed E-state index contributed by atoms with van der Waals surface area (Å²) in [6.45, 7) is 1.78. The molecular weight excluding hydrogens is 254 g/mol. The molecule has 0 saturated heterocycles. The summed E-state index contributed by atoms with van der Waals surface area (Å²) in [5.74, 6) is 0.286. The molecule has 2 N–H and O–H groups in total. The van der Waals surface area contributed by atoms with Crippen LogP contribution in [-0.4, -0.2) is 23.0 Å². The Morgan fingerprint density at radius 3 is 2.65 bits per heavy atom. The molecule has 2 saturated carbocycles. The van der Waals surface area contributed by atoms with E-state index in [1.807, 2.05) is 0 Å². The number of aliphatic carboxylic acids is 1. The highest BCUT2D eigenvalue weighted by molar-refractivity contribution is 5.82. The molecule has 5 atom stereocenters. The fraction of sp³-hybridized carbons (Fsp3) is 0.750. The van der Waals surface area contributed by atoms with Crippen molar-refractivity contribution >= 4 is 11.9 Å². The van der Waals surface area contributed by atoms with Crippen molar-refractivity contribution in [2.75, 3.05) is 0 Å². The molecule has 5 unspecified atom stereocenters. The minimum Gasteiger partial charge on any atom is -0.481 e. The number of hydrogen-bond donors (Lipinski definition) is 2. The largest absolute Gasteiger partial charge is 0.481 e. The van der Waals surface area contributed by atoms with Gasteiger partial charge in [-0.3, -0.25) is 9.59 Å². The second-order valence-corrected chi connectivity index (χ2v) is 6.92. The fourth-order valence-corrected chi connectivity index (χ4v) is 4.18. The molecular formula is C16H23NO3. The van der Waals surface area contributed by atoms with Crippen LogP contribution in [-0.2, 0) is 9.59 Å². The molecule has 0 aromatic heterocycles. The number of carboxylic acids is 1. The van der Waals surface area contributed by atoms with Gasteiger partial charge in [-0.25, -0.2) is 0 Å². The number of allylic oxidation sites excluding steroid dienone is 2. The molecule has 1 amide bonds. The lowest BCUT2D eigenvalue weighted by Gasteiger charge is -2.39. The molecule has 2 bridgehead atoms. The number of carbonyl (C=O) groups is 2. The first-order valence-corrected chi connectivity index (χ1v) is 7.73. The Labute approximate surface area is 119 Å². The maximum absolute atomic E-state index is 12.5. The van der Waals surface area contributed by atoms with Crippen molar-refractivity contribution in [3.8, 4) is 0 Å². The first-order valence-electron chi connectivity index (χ1n) is 7.73. The average Bonchev–Trinajstić information content (AvgIpc) is 3.03. The van der Waals surface area contributed by atoms with Gasteiger partial charge in [-0.2, -0.15) is 0 Å². The van der Waals surface area contributed by atoms with Gasteiger partial charge < -0.3 is 10.4 Å². The molecule has 0 aromatic rings. The van der Waals surface area contributed by atoms with Gasteiger partial charge in [-0.1, -0.05) is 25.0 Å². The van der Waals surface area contributed by atoms with Crippen LogP contribution in [0.4, 0.5) is 0 Å². The molecule has 0 heterocycles. The first-order chi connectivity index (χ1) is 9.50. The maximum atomic E-state index is 12.5. The van der Waals surface area contributed by atoms with Crippen molar-refractivity contribution in [2.24, 2.45) is 23.2 Å². The number of rotatable bonds is 3. The highest BCUT2D eigenvalue weighted by atomic mass is 16.4. The van der Waals surface area contributed by atoms with Crippen LogP contribution in [0.3, 0.4) is 0 Å². The van der Waals surface area contributed by atoms with E-state index in [0.717, 1.165) is 32.1 Å². The minimum absolute atomic E-state index is 0.0602. The Morgan fingerprint density at radius 1 is 1.25 bits per heavy atom. The summed E-state index contributed by atoms with van der Waals surface area (Å²) in [6, 6.07) is -0.218. The van der Waals surface area contributed by atoms with E-state index in [1.54, 1.807) is 6.92 Å². The van der Waals surface area contributed by atoms with Crippen LogP contribution in [0, 0.1) is 23.2 Å². The molecule has 2 fully saturated rings. The lowest BCUT2D eigenvalue weighted by molar-refractivity contribution is -0.152. The van der Waals surface area contributed by atoms with Crippen molar-refractivity contribution in [3.63, 3.8) is 0 Å².